The van der Waals surface area contributed by atoms with Crippen LogP contribution in [-0.4, -0.2) is 30.6 Å². The molecular weight excluding hydrogens is 349 g/mol. The van der Waals surface area contributed by atoms with Crippen LogP contribution < -0.4 is 10.6 Å². The van der Waals surface area contributed by atoms with E-state index in [1.165, 1.54) is 0 Å². The van der Waals surface area contributed by atoms with Gasteiger partial charge in [-0.15, -0.1) is 24.8 Å². The Balaban J connectivity index is 0.00000144. The number of rotatable bonds is 3. The van der Waals surface area contributed by atoms with Crippen LogP contribution in [0.1, 0.15) is 27.7 Å². The molecule has 5 nitrogen and oxygen atoms in total. The third-order valence-electron chi connectivity index (χ3n) is 3.63. The summed E-state index contributed by atoms with van der Waals surface area (Å²) < 4.78 is 5.71. The summed E-state index contributed by atoms with van der Waals surface area (Å²) >= 11 is 0. The first kappa shape index (κ1) is 20.4. The monoisotopic (exact) mass is 369 g/mol. The quantitative estimate of drug-likeness (QED) is 0.871. The number of morpholine rings is 1. The van der Waals surface area contributed by atoms with Crippen molar-refractivity contribution in [2.75, 3.05) is 25.0 Å². The molecule has 0 saturated carbocycles. The van der Waals surface area contributed by atoms with E-state index in [1.54, 1.807) is 18.3 Å². The molecule has 1 amide bonds. The van der Waals surface area contributed by atoms with Gasteiger partial charge in [0.2, 0.25) is 0 Å². The molecule has 1 aliphatic rings. The number of amides is 1. The van der Waals surface area contributed by atoms with E-state index in [0.717, 1.165) is 36.6 Å². The van der Waals surface area contributed by atoms with Crippen molar-refractivity contribution in [1.29, 1.82) is 0 Å². The summed E-state index contributed by atoms with van der Waals surface area (Å²) in [5.41, 5.74) is 3.32. The van der Waals surface area contributed by atoms with Gasteiger partial charge in [-0.1, -0.05) is 12.1 Å². The third-order valence-corrected chi connectivity index (χ3v) is 3.63. The average Bonchev–Trinajstić information content (AvgIpc) is 2.56. The molecule has 1 unspecified atom stereocenters. The van der Waals surface area contributed by atoms with Gasteiger partial charge in [0.15, 0.2) is 0 Å². The van der Waals surface area contributed by atoms with Gasteiger partial charge < -0.3 is 15.4 Å². The van der Waals surface area contributed by atoms with Crippen LogP contribution in [0.5, 0.6) is 0 Å². The smallest absolute Gasteiger partial charge is 0.255 e. The lowest BCUT2D eigenvalue weighted by atomic mass is 10.1. The fraction of sp³-hybridized carbons (Fsp3) is 0.294. The SMILES string of the molecule is Cc1cc(C(=O)Nc2ccc(C3CNCCO3)cc2)ccn1.Cl.Cl. The molecule has 1 atom stereocenters. The second kappa shape index (κ2) is 9.59. The van der Waals surface area contributed by atoms with E-state index in [4.69, 9.17) is 4.74 Å². The Hall–Kier alpha value is -1.66. The molecule has 2 N–H and O–H groups in total. The van der Waals surface area contributed by atoms with E-state index in [-0.39, 0.29) is 36.8 Å². The lowest BCUT2D eigenvalue weighted by molar-refractivity contribution is 0.0277. The van der Waals surface area contributed by atoms with Crippen molar-refractivity contribution < 1.29 is 9.53 Å². The molecular formula is C17H21Cl2N3O2. The number of carbonyl (C=O) groups excluding carboxylic acids is 1. The van der Waals surface area contributed by atoms with Gasteiger partial charge >= 0.3 is 0 Å². The summed E-state index contributed by atoms with van der Waals surface area (Å²) in [6.07, 6.45) is 1.72. The highest BCUT2D eigenvalue weighted by Gasteiger charge is 2.15. The van der Waals surface area contributed by atoms with Crippen molar-refractivity contribution >= 4 is 36.4 Å². The molecule has 1 saturated heterocycles. The molecule has 1 aromatic heterocycles. The van der Waals surface area contributed by atoms with E-state index in [2.05, 4.69) is 15.6 Å². The number of nitrogens with one attached hydrogen (secondary N) is 2. The summed E-state index contributed by atoms with van der Waals surface area (Å²) in [6, 6.07) is 11.3. The zero-order valence-electron chi connectivity index (χ0n) is 13.3. The third kappa shape index (κ3) is 5.18. The molecule has 0 bridgehead atoms. The topological polar surface area (TPSA) is 63.2 Å². The number of nitrogens with zero attached hydrogens (tertiary/aromatic N) is 1. The molecule has 1 aromatic carbocycles. The van der Waals surface area contributed by atoms with Gasteiger partial charge in [0, 0.05) is 36.2 Å². The van der Waals surface area contributed by atoms with Gasteiger partial charge in [-0.05, 0) is 36.8 Å². The fourth-order valence-electron chi connectivity index (χ4n) is 2.45. The first-order valence-corrected chi connectivity index (χ1v) is 7.39. The normalized spacial score (nSPS) is 16.5. The van der Waals surface area contributed by atoms with Crippen LogP contribution in [0.15, 0.2) is 42.6 Å². The molecule has 24 heavy (non-hydrogen) atoms. The van der Waals surface area contributed by atoms with Gasteiger partial charge in [-0.3, -0.25) is 9.78 Å². The first-order chi connectivity index (χ1) is 10.7. The molecule has 7 heteroatoms. The average molecular weight is 370 g/mol. The Morgan fingerprint density at radius 2 is 2.00 bits per heavy atom. The Bertz CT molecular complexity index is 659. The number of halogens is 2. The maximum atomic E-state index is 12.2. The van der Waals surface area contributed by atoms with E-state index in [1.807, 2.05) is 31.2 Å². The zero-order valence-corrected chi connectivity index (χ0v) is 15.0. The van der Waals surface area contributed by atoms with Crippen LogP contribution in [0.2, 0.25) is 0 Å². The fourth-order valence-corrected chi connectivity index (χ4v) is 2.45. The Labute approximate surface area is 154 Å². The highest BCUT2D eigenvalue weighted by atomic mass is 35.5. The summed E-state index contributed by atoms with van der Waals surface area (Å²) in [6.45, 7) is 4.31. The molecule has 0 spiro atoms. The summed E-state index contributed by atoms with van der Waals surface area (Å²) in [7, 11) is 0. The number of aromatic nitrogens is 1. The van der Waals surface area contributed by atoms with Crippen molar-refractivity contribution in [3.05, 3.63) is 59.4 Å². The predicted molar refractivity (Wildman–Crippen MR) is 99.4 cm³/mol. The van der Waals surface area contributed by atoms with Gasteiger partial charge in [0.1, 0.15) is 0 Å². The minimum Gasteiger partial charge on any atom is -0.371 e. The molecule has 1 fully saturated rings. The standard InChI is InChI=1S/C17H19N3O2.2ClH/c1-12-10-14(6-7-19-12)17(21)20-15-4-2-13(3-5-15)16-11-18-8-9-22-16;;/h2-7,10,16,18H,8-9,11H2,1H3,(H,20,21);2*1H. The predicted octanol–water partition coefficient (Wildman–Crippen LogP) is 3.15. The minimum absolute atomic E-state index is 0. The number of hydrogen-bond acceptors (Lipinski definition) is 4. The second-order valence-electron chi connectivity index (χ2n) is 5.33. The van der Waals surface area contributed by atoms with Crippen LogP contribution >= 0.6 is 24.8 Å². The van der Waals surface area contributed by atoms with Crippen LogP contribution in [0.4, 0.5) is 5.69 Å². The highest BCUT2D eigenvalue weighted by Crippen LogP contribution is 2.21. The van der Waals surface area contributed by atoms with Crippen LogP contribution in [0, 0.1) is 6.92 Å². The number of aryl methyl sites for hydroxylation is 1. The molecule has 0 radical (unpaired) electrons. The number of hydrogen-bond donors (Lipinski definition) is 2. The lowest BCUT2D eigenvalue weighted by Gasteiger charge is -2.24. The summed E-state index contributed by atoms with van der Waals surface area (Å²) in [4.78, 5) is 16.3. The van der Waals surface area contributed by atoms with Crippen molar-refractivity contribution in [1.82, 2.24) is 10.3 Å². The number of anilines is 1. The maximum Gasteiger partial charge on any atom is 0.255 e. The van der Waals surface area contributed by atoms with Gasteiger partial charge in [0.05, 0.1) is 12.7 Å². The van der Waals surface area contributed by atoms with Gasteiger partial charge in [0.25, 0.3) is 5.91 Å². The van der Waals surface area contributed by atoms with Crippen molar-refractivity contribution in [2.24, 2.45) is 0 Å². The summed E-state index contributed by atoms with van der Waals surface area (Å²) in [5, 5.41) is 6.20. The largest absolute Gasteiger partial charge is 0.371 e. The van der Waals surface area contributed by atoms with Crippen molar-refractivity contribution in [2.45, 2.75) is 13.0 Å². The van der Waals surface area contributed by atoms with Crippen molar-refractivity contribution in [3.63, 3.8) is 0 Å². The number of pyridine rings is 1. The van der Waals surface area contributed by atoms with Crippen molar-refractivity contribution in [3.8, 4) is 0 Å². The molecule has 3 rings (SSSR count). The van der Waals surface area contributed by atoms with Crippen LogP contribution in [0.3, 0.4) is 0 Å². The molecule has 2 aromatic rings. The Morgan fingerprint density at radius 3 is 2.62 bits per heavy atom. The van der Waals surface area contributed by atoms with Crippen LogP contribution in [0.25, 0.3) is 0 Å². The molecule has 0 aliphatic carbocycles. The number of ether oxygens (including phenoxy) is 1. The first-order valence-electron chi connectivity index (χ1n) is 7.39. The number of benzene rings is 1. The van der Waals surface area contributed by atoms with E-state index in [0.29, 0.717) is 5.56 Å². The zero-order chi connectivity index (χ0) is 15.4. The van der Waals surface area contributed by atoms with Gasteiger partial charge in [-0.25, -0.2) is 0 Å². The summed E-state index contributed by atoms with van der Waals surface area (Å²) in [5.74, 6) is -0.131. The molecule has 2 heterocycles. The lowest BCUT2D eigenvalue weighted by Crippen LogP contribution is -2.33. The van der Waals surface area contributed by atoms with Crippen LogP contribution in [-0.2, 0) is 4.74 Å². The Kier molecular flexibility index (Phi) is 8.15. The Morgan fingerprint density at radius 1 is 1.25 bits per heavy atom. The van der Waals surface area contributed by atoms with E-state index >= 15 is 0 Å². The highest BCUT2D eigenvalue weighted by molar-refractivity contribution is 6.04. The van der Waals surface area contributed by atoms with E-state index < -0.39 is 0 Å². The minimum atomic E-state index is -0.131. The molecule has 1 aliphatic heterocycles. The molecule has 130 valence electrons. The second-order valence-corrected chi connectivity index (χ2v) is 5.33. The maximum absolute atomic E-state index is 12.2. The van der Waals surface area contributed by atoms with Gasteiger partial charge in [-0.2, -0.15) is 0 Å². The number of carbonyl (C=O) groups is 1. The van der Waals surface area contributed by atoms with E-state index in [9.17, 15) is 4.79 Å².